The van der Waals surface area contributed by atoms with Crippen molar-refractivity contribution in [2.45, 2.75) is 12.8 Å². The van der Waals surface area contributed by atoms with Crippen LogP contribution in [-0.4, -0.2) is 0 Å². The molecule has 0 N–H and O–H groups in total. The monoisotopic (exact) mass is 158 g/mol. The van der Waals surface area contributed by atoms with Gasteiger partial charge >= 0.3 is 0 Å². The Bertz CT molecular complexity index is 193. The smallest absolute Gasteiger partial charge is 0.0313 e. The third-order valence-electron chi connectivity index (χ3n) is 1.55. The van der Waals surface area contributed by atoms with Gasteiger partial charge in [-0.3, -0.25) is 0 Å². The molecule has 62 valence electrons. The van der Waals surface area contributed by atoms with Crippen molar-refractivity contribution in [1.82, 2.24) is 0 Å². The number of allylic oxidation sites excluding steroid dienone is 4. The average Bonchev–Trinajstić information content (AvgIpc) is 2.24. The maximum absolute atomic E-state index is 2.18. The Hall–Kier alpha value is -1.30. The van der Waals surface area contributed by atoms with E-state index in [4.69, 9.17) is 0 Å². The van der Waals surface area contributed by atoms with Crippen LogP contribution >= 0.6 is 0 Å². The summed E-state index contributed by atoms with van der Waals surface area (Å²) in [5.74, 6) is 0. The van der Waals surface area contributed by atoms with Gasteiger partial charge in [-0.05, 0) is 12.8 Å². The molecule has 0 spiro atoms. The Morgan fingerprint density at radius 3 is 1.00 bits per heavy atom. The Balaban J connectivity index is 0.000000120. The quantitative estimate of drug-likeness (QED) is 0.541. The first-order valence-corrected chi connectivity index (χ1v) is 4.32. The van der Waals surface area contributed by atoms with Crippen molar-refractivity contribution in [2.24, 2.45) is 0 Å². The van der Waals surface area contributed by atoms with Crippen molar-refractivity contribution in [3.05, 3.63) is 60.7 Å². The zero-order chi connectivity index (χ0) is 8.49. The fraction of sp³-hybridized carbons (Fsp3) is 0.167. The number of benzene rings is 1. The molecule has 0 unspecified atom stereocenters. The van der Waals surface area contributed by atoms with Gasteiger partial charge in [-0.15, -0.1) is 0 Å². The highest BCUT2D eigenvalue weighted by atomic mass is 13.8. The van der Waals surface area contributed by atoms with Gasteiger partial charge < -0.3 is 0 Å². The summed E-state index contributed by atoms with van der Waals surface area (Å²) in [5, 5.41) is 0. The number of hydrogen-bond donors (Lipinski definition) is 0. The molecule has 0 radical (unpaired) electrons. The molecule has 0 nitrogen and oxygen atoms in total. The molecule has 0 saturated carbocycles. The summed E-state index contributed by atoms with van der Waals surface area (Å²) < 4.78 is 0. The lowest BCUT2D eigenvalue weighted by Gasteiger charge is -1.88. The van der Waals surface area contributed by atoms with E-state index >= 15 is 0 Å². The summed E-state index contributed by atoms with van der Waals surface area (Å²) in [6, 6.07) is 12.0. The summed E-state index contributed by atoms with van der Waals surface area (Å²) in [5.41, 5.74) is 0. The molecule has 1 aliphatic rings. The van der Waals surface area contributed by atoms with Gasteiger partial charge in [0, 0.05) is 0 Å². The van der Waals surface area contributed by atoms with E-state index in [1.165, 1.54) is 12.8 Å². The lowest BCUT2D eigenvalue weighted by Crippen LogP contribution is -1.67. The summed E-state index contributed by atoms with van der Waals surface area (Å²) in [4.78, 5) is 0. The molecule has 0 atom stereocenters. The molecule has 1 aliphatic carbocycles. The van der Waals surface area contributed by atoms with Crippen molar-refractivity contribution in [2.75, 3.05) is 0 Å². The summed E-state index contributed by atoms with van der Waals surface area (Å²) in [6.45, 7) is 0. The summed E-state index contributed by atoms with van der Waals surface area (Å²) >= 11 is 0. The Labute approximate surface area is 74.2 Å². The van der Waals surface area contributed by atoms with Crippen LogP contribution in [0, 0.1) is 0 Å². The summed E-state index contributed by atoms with van der Waals surface area (Å²) in [7, 11) is 0. The van der Waals surface area contributed by atoms with Crippen LogP contribution in [0.15, 0.2) is 60.7 Å². The van der Waals surface area contributed by atoms with Gasteiger partial charge in [0.15, 0.2) is 0 Å². The van der Waals surface area contributed by atoms with Crippen molar-refractivity contribution in [3.8, 4) is 0 Å². The van der Waals surface area contributed by atoms with Gasteiger partial charge in [-0.25, -0.2) is 0 Å². The third-order valence-corrected chi connectivity index (χ3v) is 1.55. The molecule has 0 heterocycles. The highest BCUT2D eigenvalue weighted by Crippen LogP contribution is 1.98. The average molecular weight is 158 g/mol. The standard InChI is InChI=1S/C6H8.C6H6/c2*1-2-4-6-5-3-1/h1-4H,5-6H2;1-6H. The second-order valence-corrected chi connectivity index (χ2v) is 2.59. The molecule has 0 bridgehead atoms. The molecule has 0 saturated heterocycles. The first kappa shape index (κ1) is 8.79. The maximum atomic E-state index is 2.18. The second kappa shape index (κ2) is 6.41. The number of hydrogen-bond acceptors (Lipinski definition) is 0. The van der Waals surface area contributed by atoms with E-state index in [0.717, 1.165) is 0 Å². The van der Waals surface area contributed by atoms with Crippen LogP contribution in [0.1, 0.15) is 12.8 Å². The topological polar surface area (TPSA) is 0 Å². The van der Waals surface area contributed by atoms with E-state index in [1.807, 2.05) is 36.4 Å². The minimum Gasteiger partial charge on any atom is -0.0842 e. The highest BCUT2D eigenvalue weighted by Gasteiger charge is 1.77. The van der Waals surface area contributed by atoms with Gasteiger partial charge in [0.1, 0.15) is 0 Å². The minimum absolute atomic E-state index is 1.23. The molecule has 0 fully saturated rings. The van der Waals surface area contributed by atoms with E-state index in [2.05, 4.69) is 24.3 Å². The predicted octanol–water partition coefficient (Wildman–Crippen LogP) is 3.58. The molecule has 0 aliphatic heterocycles. The minimum atomic E-state index is 1.23. The third kappa shape index (κ3) is 4.51. The fourth-order valence-corrected chi connectivity index (χ4v) is 0.927. The van der Waals surface area contributed by atoms with Crippen molar-refractivity contribution >= 4 is 0 Å². The SMILES string of the molecule is C1=CCCC=C1.c1ccccc1. The number of rotatable bonds is 0. The maximum Gasteiger partial charge on any atom is -0.0313 e. The van der Waals surface area contributed by atoms with E-state index in [-0.39, 0.29) is 0 Å². The normalized spacial score (nSPS) is 13.3. The van der Waals surface area contributed by atoms with Crippen molar-refractivity contribution in [1.29, 1.82) is 0 Å². The van der Waals surface area contributed by atoms with Crippen LogP contribution in [-0.2, 0) is 0 Å². The van der Waals surface area contributed by atoms with E-state index in [0.29, 0.717) is 0 Å². The van der Waals surface area contributed by atoms with Gasteiger partial charge in [-0.2, -0.15) is 0 Å². The molecule has 0 amide bonds. The lowest BCUT2D eigenvalue weighted by molar-refractivity contribution is 1.04. The van der Waals surface area contributed by atoms with E-state index in [1.54, 1.807) is 0 Å². The van der Waals surface area contributed by atoms with E-state index in [9.17, 15) is 0 Å². The molecule has 1 aromatic carbocycles. The molecule has 2 rings (SSSR count). The van der Waals surface area contributed by atoms with Gasteiger partial charge in [0.2, 0.25) is 0 Å². The van der Waals surface area contributed by atoms with Gasteiger partial charge in [0.25, 0.3) is 0 Å². The van der Waals surface area contributed by atoms with Crippen LogP contribution in [0.25, 0.3) is 0 Å². The zero-order valence-electron chi connectivity index (χ0n) is 7.19. The van der Waals surface area contributed by atoms with Crippen molar-refractivity contribution in [3.63, 3.8) is 0 Å². The molecule has 1 aromatic rings. The Morgan fingerprint density at radius 1 is 0.500 bits per heavy atom. The second-order valence-electron chi connectivity index (χ2n) is 2.59. The molecular weight excluding hydrogens is 144 g/mol. The van der Waals surface area contributed by atoms with Gasteiger partial charge in [-0.1, -0.05) is 60.7 Å². The molecule has 12 heavy (non-hydrogen) atoms. The Kier molecular flexibility index (Phi) is 4.70. The predicted molar refractivity (Wildman–Crippen MR) is 54.0 cm³/mol. The molecular formula is C12H14. The highest BCUT2D eigenvalue weighted by molar-refractivity contribution is 5.07. The summed E-state index contributed by atoms with van der Waals surface area (Å²) in [6.07, 6.45) is 11.0. The van der Waals surface area contributed by atoms with Crippen molar-refractivity contribution < 1.29 is 0 Å². The molecule has 0 aromatic heterocycles. The van der Waals surface area contributed by atoms with Crippen LogP contribution in [0.5, 0.6) is 0 Å². The fourth-order valence-electron chi connectivity index (χ4n) is 0.927. The lowest BCUT2D eigenvalue weighted by atomic mass is 10.2. The van der Waals surface area contributed by atoms with Crippen LogP contribution < -0.4 is 0 Å². The van der Waals surface area contributed by atoms with E-state index < -0.39 is 0 Å². The van der Waals surface area contributed by atoms with Crippen LogP contribution in [0.3, 0.4) is 0 Å². The van der Waals surface area contributed by atoms with Crippen LogP contribution in [0.2, 0.25) is 0 Å². The van der Waals surface area contributed by atoms with Gasteiger partial charge in [0.05, 0.1) is 0 Å². The zero-order valence-corrected chi connectivity index (χ0v) is 7.19. The first-order valence-electron chi connectivity index (χ1n) is 4.32. The Morgan fingerprint density at radius 2 is 0.833 bits per heavy atom. The first-order chi connectivity index (χ1) is 6.00. The largest absolute Gasteiger partial charge is 0.0842 e. The van der Waals surface area contributed by atoms with Crippen LogP contribution in [0.4, 0.5) is 0 Å². The molecule has 0 heteroatoms.